The van der Waals surface area contributed by atoms with Crippen molar-refractivity contribution in [2.75, 3.05) is 11.9 Å². The molecule has 3 atom stereocenters. The molecule has 1 aliphatic rings. The molecule has 0 saturated carbocycles. The predicted molar refractivity (Wildman–Crippen MR) is 127 cm³/mol. The fourth-order valence-corrected chi connectivity index (χ4v) is 5.12. The number of carbonyl (C=O) groups is 1. The number of anilines is 1. The Morgan fingerprint density at radius 2 is 1.97 bits per heavy atom. The number of aliphatic hydroxyl groups is 2. The lowest BCUT2D eigenvalue weighted by atomic mass is 9.72. The third-order valence-corrected chi connectivity index (χ3v) is 6.88. The van der Waals surface area contributed by atoms with Crippen LogP contribution >= 0.6 is 0 Å². The van der Waals surface area contributed by atoms with Crippen LogP contribution in [0.15, 0.2) is 43.0 Å². The van der Waals surface area contributed by atoms with Gasteiger partial charge in [0, 0.05) is 5.56 Å². The summed E-state index contributed by atoms with van der Waals surface area (Å²) in [6.07, 6.45) is 2.01. The number of fused-ring (bicyclic) bond motifs is 1. The van der Waals surface area contributed by atoms with Crippen molar-refractivity contribution in [3.63, 3.8) is 0 Å². The fourth-order valence-electron chi connectivity index (χ4n) is 4.27. The zero-order chi connectivity index (χ0) is 24.7. The highest BCUT2D eigenvalue weighted by Crippen LogP contribution is 2.51. The lowest BCUT2D eigenvalue weighted by Gasteiger charge is -2.39. The summed E-state index contributed by atoms with van der Waals surface area (Å²) in [5.41, 5.74) is -0.784. The van der Waals surface area contributed by atoms with Crippen LogP contribution in [0.4, 0.5) is 5.82 Å². The maximum Gasteiger partial charge on any atom is 0.256 e. The van der Waals surface area contributed by atoms with Crippen LogP contribution < -0.4 is 5.32 Å². The van der Waals surface area contributed by atoms with Crippen molar-refractivity contribution < 1.29 is 24.2 Å². The van der Waals surface area contributed by atoms with Crippen LogP contribution in [0.1, 0.15) is 37.6 Å². The summed E-state index contributed by atoms with van der Waals surface area (Å²) in [6.45, 7) is 9.21. The number of amides is 1. The number of imidazole rings is 1. The number of benzene rings is 1. The van der Waals surface area contributed by atoms with Crippen molar-refractivity contribution in [1.82, 2.24) is 19.5 Å². The molecule has 181 valence electrons. The largest absolute Gasteiger partial charge is 0.394 e. The summed E-state index contributed by atoms with van der Waals surface area (Å²) < 4.78 is 14.2. The normalized spacial score (nSPS) is 25.2. The lowest BCUT2D eigenvalue weighted by molar-refractivity contribution is -0.240. The molecule has 1 fully saturated rings. The molecule has 0 spiro atoms. The van der Waals surface area contributed by atoms with Crippen LogP contribution in [0.2, 0.25) is 13.1 Å². The summed E-state index contributed by atoms with van der Waals surface area (Å²) in [6, 6.07) is 8.80. The molecule has 3 N–H and O–H groups in total. The van der Waals surface area contributed by atoms with Gasteiger partial charge < -0.3 is 24.7 Å². The first-order chi connectivity index (χ1) is 16.0. The van der Waals surface area contributed by atoms with Crippen LogP contribution in [0.5, 0.6) is 0 Å². The van der Waals surface area contributed by atoms with Crippen molar-refractivity contribution in [1.29, 1.82) is 0 Å². The summed E-state index contributed by atoms with van der Waals surface area (Å²) in [4.78, 5) is 25.7. The van der Waals surface area contributed by atoms with Gasteiger partial charge in [0.15, 0.2) is 17.0 Å². The molecule has 0 bridgehead atoms. The molecule has 34 heavy (non-hydrogen) atoms. The Labute approximate surface area is 199 Å². The molecule has 3 heterocycles. The Balaban J connectivity index is 1.78. The van der Waals surface area contributed by atoms with Gasteiger partial charge in [-0.25, -0.2) is 15.0 Å². The topological polar surface area (TPSA) is 132 Å². The highest BCUT2D eigenvalue weighted by Gasteiger charge is 2.62. The number of nitrogens with one attached hydrogen (secondary N) is 1. The van der Waals surface area contributed by atoms with E-state index < -0.39 is 32.1 Å². The second-order valence-electron chi connectivity index (χ2n) is 9.69. The summed E-state index contributed by atoms with van der Waals surface area (Å²) in [7, 11) is -1.34. The van der Waals surface area contributed by atoms with Crippen molar-refractivity contribution in [3.05, 3.63) is 48.5 Å². The van der Waals surface area contributed by atoms with Crippen molar-refractivity contribution in [3.8, 4) is 0 Å². The minimum absolute atomic E-state index is 0.0613. The Morgan fingerprint density at radius 1 is 1.26 bits per heavy atom. The lowest BCUT2D eigenvalue weighted by Crippen LogP contribution is -2.51. The first-order valence-corrected chi connectivity index (χ1v) is 13.5. The molecule has 11 heteroatoms. The van der Waals surface area contributed by atoms with Gasteiger partial charge in [-0.15, -0.1) is 0 Å². The smallest absolute Gasteiger partial charge is 0.256 e. The van der Waals surface area contributed by atoms with E-state index in [-0.39, 0.29) is 24.8 Å². The van der Waals surface area contributed by atoms with E-state index in [9.17, 15) is 15.0 Å². The molecule has 1 aliphatic heterocycles. The van der Waals surface area contributed by atoms with Crippen LogP contribution in [-0.4, -0.2) is 63.0 Å². The molecule has 1 radical (unpaired) electrons. The summed E-state index contributed by atoms with van der Waals surface area (Å²) >= 11 is 0. The van der Waals surface area contributed by atoms with Crippen LogP contribution in [-0.2, 0) is 15.1 Å². The molecule has 2 aromatic heterocycles. The molecule has 4 rings (SSSR count). The van der Waals surface area contributed by atoms with Gasteiger partial charge in [0.2, 0.25) is 9.04 Å². The second kappa shape index (κ2) is 8.82. The number of carbonyl (C=O) groups excluding carboxylic acids is 1. The van der Waals surface area contributed by atoms with Crippen LogP contribution in [0.3, 0.4) is 0 Å². The quantitative estimate of drug-likeness (QED) is 0.455. The number of nitrogens with zero attached hydrogens (tertiary/aromatic N) is 4. The number of ether oxygens (including phenoxy) is 1. The molecular formula is C23H30N5O5Si. The van der Waals surface area contributed by atoms with E-state index in [1.54, 1.807) is 28.8 Å². The van der Waals surface area contributed by atoms with Gasteiger partial charge in [-0.2, -0.15) is 0 Å². The Hall–Kier alpha value is -2.70. The Kier molecular flexibility index (Phi) is 6.34. The molecular weight excluding hydrogens is 454 g/mol. The van der Waals surface area contributed by atoms with E-state index in [0.717, 1.165) is 0 Å². The van der Waals surface area contributed by atoms with Gasteiger partial charge in [0.25, 0.3) is 11.8 Å². The predicted octanol–water partition coefficient (Wildman–Crippen LogP) is 2.52. The molecule has 1 saturated heterocycles. The maximum atomic E-state index is 12.7. The number of hydrogen-bond donors (Lipinski definition) is 3. The van der Waals surface area contributed by atoms with Gasteiger partial charge in [-0.05, 0) is 30.6 Å². The average molecular weight is 485 g/mol. The first-order valence-electron chi connectivity index (χ1n) is 11.1. The fraction of sp³-hybridized carbons (Fsp3) is 0.478. The average Bonchev–Trinajstić information content (AvgIpc) is 3.34. The highest BCUT2D eigenvalue weighted by molar-refractivity contribution is 6.48. The molecule has 10 nitrogen and oxygen atoms in total. The number of aromatic nitrogens is 4. The molecule has 1 aromatic carbocycles. The number of rotatable bonds is 6. The van der Waals surface area contributed by atoms with E-state index in [1.165, 1.54) is 12.7 Å². The minimum Gasteiger partial charge on any atom is -0.394 e. The van der Waals surface area contributed by atoms with Crippen molar-refractivity contribution in [2.45, 2.75) is 57.9 Å². The van der Waals surface area contributed by atoms with E-state index in [4.69, 9.17) is 9.16 Å². The minimum atomic E-state index is -1.43. The zero-order valence-electron chi connectivity index (χ0n) is 19.9. The van der Waals surface area contributed by atoms with E-state index in [0.29, 0.717) is 16.7 Å². The maximum absolute atomic E-state index is 12.7. The van der Waals surface area contributed by atoms with E-state index in [2.05, 4.69) is 20.3 Å². The third-order valence-electron chi connectivity index (χ3n) is 6.15. The second-order valence-corrected chi connectivity index (χ2v) is 11.7. The molecule has 1 amide bonds. The molecule has 0 aliphatic carbocycles. The Bertz CT molecular complexity index is 1180. The number of hydrogen-bond acceptors (Lipinski definition) is 8. The van der Waals surface area contributed by atoms with Crippen LogP contribution in [0, 0.1) is 5.41 Å². The third kappa shape index (κ3) is 4.14. The van der Waals surface area contributed by atoms with Crippen LogP contribution in [0.25, 0.3) is 11.2 Å². The SMILES string of the molecule is C[Si](C)O[C@]1(n2cnc3c(NC(=O)c4ccccc4)ncnc32)C[C@@](O)(C(C)(C)C)[C@@H](CO)O1. The van der Waals surface area contributed by atoms with Gasteiger partial charge >= 0.3 is 0 Å². The standard InChI is InChI=1S/C23H30N5O5Si/c1-21(2,3)22(31)12-23(33-34(4)5,32-16(22)11-29)28-14-26-17-18(24-13-25-19(17)28)27-20(30)15-9-7-6-8-10-15/h6-10,13-14,16,29,31H,11-12H2,1-5H3,(H,24,25,27,30)/t16-,22+,23+/m1/s1. The Morgan fingerprint density at radius 3 is 2.56 bits per heavy atom. The molecule has 0 unspecified atom stereocenters. The van der Waals surface area contributed by atoms with Crippen molar-refractivity contribution >= 4 is 31.9 Å². The first kappa shape index (κ1) is 24.4. The van der Waals surface area contributed by atoms with Crippen molar-refractivity contribution in [2.24, 2.45) is 5.41 Å². The zero-order valence-corrected chi connectivity index (χ0v) is 20.9. The number of aliphatic hydroxyl groups excluding tert-OH is 1. The molecule has 3 aromatic rings. The van der Waals surface area contributed by atoms with Gasteiger partial charge in [-0.1, -0.05) is 39.0 Å². The highest BCUT2D eigenvalue weighted by atomic mass is 28.3. The monoisotopic (exact) mass is 484 g/mol. The van der Waals surface area contributed by atoms with E-state index in [1.807, 2.05) is 39.9 Å². The summed E-state index contributed by atoms with van der Waals surface area (Å²) in [5.74, 6) is -1.51. The van der Waals surface area contributed by atoms with Gasteiger partial charge in [0.1, 0.15) is 24.4 Å². The van der Waals surface area contributed by atoms with Gasteiger partial charge in [-0.3, -0.25) is 9.36 Å². The van der Waals surface area contributed by atoms with E-state index >= 15 is 0 Å². The summed E-state index contributed by atoms with van der Waals surface area (Å²) in [5, 5.41) is 24.5. The van der Waals surface area contributed by atoms with Gasteiger partial charge in [0.05, 0.1) is 13.0 Å².